The van der Waals surface area contributed by atoms with Gasteiger partial charge < -0.3 is 4.74 Å². The maximum absolute atomic E-state index is 11.3. The highest BCUT2D eigenvalue weighted by molar-refractivity contribution is 5.98. The zero-order valence-electron chi connectivity index (χ0n) is 8.63. The number of ether oxygens (including phenoxy) is 1. The number of Topliss-reactive ketones (excluding diaryl/α,β-unsaturated/α-hetero) is 1. The molecule has 13 heavy (non-hydrogen) atoms. The lowest BCUT2D eigenvalue weighted by Crippen LogP contribution is -2.25. The van der Waals surface area contributed by atoms with E-state index in [1.165, 1.54) is 0 Å². The van der Waals surface area contributed by atoms with Gasteiger partial charge in [0.05, 0.1) is 6.61 Å². The summed E-state index contributed by atoms with van der Waals surface area (Å²) >= 11 is 0. The van der Waals surface area contributed by atoms with Crippen LogP contribution in [0.2, 0.25) is 0 Å². The van der Waals surface area contributed by atoms with Crippen molar-refractivity contribution in [3.63, 3.8) is 0 Å². The minimum Gasteiger partial charge on any atom is -0.465 e. The number of carbonyl (C=O) groups is 2. The lowest BCUT2D eigenvalue weighted by molar-refractivity contribution is -0.152. The molecular weight excluding hydrogens is 168 g/mol. The van der Waals surface area contributed by atoms with Crippen molar-refractivity contribution in [1.82, 2.24) is 0 Å². The molecule has 0 aromatic rings. The fourth-order valence-electron chi connectivity index (χ4n) is 1.08. The summed E-state index contributed by atoms with van der Waals surface area (Å²) in [5.74, 6) is -0.934. The topological polar surface area (TPSA) is 43.4 Å². The molecule has 0 aromatic carbocycles. The van der Waals surface area contributed by atoms with E-state index in [1.807, 2.05) is 13.8 Å². The summed E-state index contributed by atoms with van der Waals surface area (Å²) in [4.78, 5) is 22.5. The zero-order chi connectivity index (χ0) is 10.3. The summed E-state index contributed by atoms with van der Waals surface area (Å²) in [6.45, 7) is 5.92. The van der Waals surface area contributed by atoms with Crippen molar-refractivity contribution in [2.24, 2.45) is 5.92 Å². The molecule has 0 radical (unpaired) electrons. The van der Waals surface area contributed by atoms with Crippen molar-refractivity contribution < 1.29 is 14.3 Å². The molecule has 0 bridgehead atoms. The van der Waals surface area contributed by atoms with E-state index in [0.717, 1.165) is 6.42 Å². The summed E-state index contributed by atoms with van der Waals surface area (Å²) < 4.78 is 4.91. The molecule has 0 rings (SSSR count). The van der Waals surface area contributed by atoms with E-state index in [2.05, 4.69) is 0 Å². The molecular formula is C10H18O3. The lowest BCUT2D eigenvalue weighted by Gasteiger charge is -2.11. The standard InChI is InChI=1S/C10H18O3/c1-4-7-13-10(12)8(5-2)9(11)6-3/h8H,4-7H2,1-3H3. The van der Waals surface area contributed by atoms with Crippen LogP contribution in [0.25, 0.3) is 0 Å². The third kappa shape index (κ3) is 4.06. The fraction of sp³-hybridized carbons (Fsp3) is 0.800. The van der Waals surface area contributed by atoms with Gasteiger partial charge in [0, 0.05) is 6.42 Å². The summed E-state index contributed by atoms with van der Waals surface area (Å²) in [5.41, 5.74) is 0. The second kappa shape index (κ2) is 6.63. The van der Waals surface area contributed by atoms with Gasteiger partial charge in [0.15, 0.2) is 0 Å². The molecule has 0 aliphatic heterocycles. The molecule has 3 nitrogen and oxygen atoms in total. The third-order valence-electron chi connectivity index (χ3n) is 1.88. The molecule has 0 heterocycles. The number of carbonyl (C=O) groups excluding carboxylic acids is 2. The van der Waals surface area contributed by atoms with Crippen molar-refractivity contribution in [2.45, 2.75) is 40.0 Å². The largest absolute Gasteiger partial charge is 0.465 e. The van der Waals surface area contributed by atoms with E-state index in [4.69, 9.17) is 4.74 Å². The minimum absolute atomic E-state index is 0.0244. The first kappa shape index (κ1) is 12.1. The van der Waals surface area contributed by atoms with Gasteiger partial charge >= 0.3 is 5.97 Å². The molecule has 0 aliphatic rings. The maximum Gasteiger partial charge on any atom is 0.316 e. The van der Waals surface area contributed by atoms with E-state index >= 15 is 0 Å². The molecule has 0 amide bonds. The lowest BCUT2D eigenvalue weighted by atomic mass is 10.00. The average molecular weight is 186 g/mol. The van der Waals surface area contributed by atoms with Gasteiger partial charge in [-0.25, -0.2) is 0 Å². The van der Waals surface area contributed by atoms with Gasteiger partial charge in [-0.15, -0.1) is 0 Å². The molecule has 0 fully saturated rings. The molecule has 0 aliphatic carbocycles. The molecule has 0 saturated heterocycles. The van der Waals surface area contributed by atoms with Gasteiger partial charge in [-0.05, 0) is 12.8 Å². The normalized spacial score (nSPS) is 12.2. The minimum atomic E-state index is -0.545. The van der Waals surface area contributed by atoms with E-state index in [-0.39, 0.29) is 11.8 Å². The van der Waals surface area contributed by atoms with Crippen LogP contribution in [0, 0.1) is 5.92 Å². The Labute approximate surface area is 79.5 Å². The summed E-state index contributed by atoms with van der Waals surface area (Å²) in [5, 5.41) is 0. The van der Waals surface area contributed by atoms with Crippen LogP contribution in [0.1, 0.15) is 40.0 Å². The fourth-order valence-corrected chi connectivity index (χ4v) is 1.08. The van der Waals surface area contributed by atoms with Crippen molar-refractivity contribution in [3.8, 4) is 0 Å². The monoisotopic (exact) mass is 186 g/mol. The number of ketones is 1. The van der Waals surface area contributed by atoms with Crippen LogP contribution < -0.4 is 0 Å². The quantitative estimate of drug-likeness (QED) is 0.470. The molecule has 0 N–H and O–H groups in total. The SMILES string of the molecule is CCCOC(=O)C(CC)C(=O)CC. The van der Waals surface area contributed by atoms with Gasteiger partial charge in [-0.3, -0.25) is 9.59 Å². The average Bonchev–Trinajstić information content (AvgIpc) is 2.15. The van der Waals surface area contributed by atoms with Crippen LogP contribution in [0.15, 0.2) is 0 Å². The Morgan fingerprint density at radius 3 is 2.23 bits per heavy atom. The van der Waals surface area contributed by atoms with E-state index in [1.54, 1.807) is 6.92 Å². The number of rotatable bonds is 6. The third-order valence-corrected chi connectivity index (χ3v) is 1.88. The summed E-state index contributed by atoms with van der Waals surface area (Å²) in [6.07, 6.45) is 1.73. The predicted octanol–water partition coefficient (Wildman–Crippen LogP) is 1.94. The molecule has 0 saturated carbocycles. The second-order valence-electron chi connectivity index (χ2n) is 2.95. The first-order chi connectivity index (χ1) is 6.17. The van der Waals surface area contributed by atoms with Crippen LogP contribution in [0.3, 0.4) is 0 Å². The molecule has 0 aromatic heterocycles. The highest BCUT2D eigenvalue weighted by Gasteiger charge is 2.24. The Kier molecular flexibility index (Phi) is 6.20. The summed E-state index contributed by atoms with van der Waals surface area (Å²) in [7, 11) is 0. The van der Waals surface area contributed by atoms with E-state index in [9.17, 15) is 9.59 Å². The zero-order valence-corrected chi connectivity index (χ0v) is 8.63. The maximum atomic E-state index is 11.3. The van der Waals surface area contributed by atoms with Crippen molar-refractivity contribution in [3.05, 3.63) is 0 Å². The van der Waals surface area contributed by atoms with Crippen LogP contribution in [-0.4, -0.2) is 18.4 Å². The highest BCUT2D eigenvalue weighted by atomic mass is 16.5. The Morgan fingerprint density at radius 1 is 1.23 bits per heavy atom. The van der Waals surface area contributed by atoms with Gasteiger partial charge in [0.1, 0.15) is 11.7 Å². The summed E-state index contributed by atoms with van der Waals surface area (Å²) in [6, 6.07) is 0. The predicted molar refractivity (Wildman–Crippen MR) is 50.3 cm³/mol. The van der Waals surface area contributed by atoms with Crippen LogP contribution in [-0.2, 0) is 14.3 Å². The second-order valence-corrected chi connectivity index (χ2v) is 2.95. The van der Waals surface area contributed by atoms with Gasteiger partial charge in [-0.1, -0.05) is 20.8 Å². The van der Waals surface area contributed by atoms with Crippen LogP contribution >= 0.6 is 0 Å². The van der Waals surface area contributed by atoms with E-state index < -0.39 is 5.92 Å². The smallest absolute Gasteiger partial charge is 0.316 e. The van der Waals surface area contributed by atoms with Crippen molar-refractivity contribution >= 4 is 11.8 Å². The number of esters is 1. The van der Waals surface area contributed by atoms with Crippen molar-refractivity contribution in [2.75, 3.05) is 6.61 Å². The van der Waals surface area contributed by atoms with Gasteiger partial charge in [0.2, 0.25) is 0 Å². The molecule has 76 valence electrons. The van der Waals surface area contributed by atoms with E-state index in [0.29, 0.717) is 19.4 Å². The van der Waals surface area contributed by atoms with Gasteiger partial charge in [-0.2, -0.15) is 0 Å². The highest BCUT2D eigenvalue weighted by Crippen LogP contribution is 2.09. The first-order valence-corrected chi connectivity index (χ1v) is 4.86. The Morgan fingerprint density at radius 2 is 1.85 bits per heavy atom. The Balaban J connectivity index is 4.07. The number of hydrogen-bond acceptors (Lipinski definition) is 3. The van der Waals surface area contributed by atoms with Crippen molar-refractivity contribution in [1.29, 1.82) is 0 Å². The van der Waals surface area contributed by atoms with Crippen LogP contribution in [0.5, 0.6) is 0 Å². The Hall–Kier alpha value is -0.860. The molecule has 0 spiro atoms. The van der Waals surface area contributed by atoms with Gasteiger partial charge in [0.25, 0.3) is 0 Å². The first-order valence-electron chi connectivity index (χ1n) is 4.86. The molecule has 1 unspecified atom stereocenters. The molecule has 3 heteroatoms. The molecule has 1 atom stereocenters. The van der Waals surface area contributed by atoms with Crippen LogP contribution in [0.4, 0.5) is 0 Å². The Bertz CT molecular complexity index is 175. The number of hydrogen-bond donors (Lipinski definition) is 0.